The Morgan fingerprint density at radius 3 is 2.75 bits per heavy atom. The third kappa shape index (κ3) is 3.29. The summed E-state index contributed by atoms with van der Waals surface area (Å²) in [5.74, 6) is -0.363. The highest BCUT2D eigenvalue weighted by Crippen LogP contribution is 2.29. The SMILES string of the molecule is C[C@@H](O)c1ccc(N2CC(CO)OC(C)(C)C2)c(F)c1. The van der Waals surface area contributed by atoms with Crippen LogP contribution in [0.2, 0.25) is 0 Å². The molecule has 5 heteroatoms. The lowest BCUT2D eigenvalue weighted by atomic mass is 10.0. The molecular formula is C15H22FNO3. The van der Waals surface area contributed by atoms with E-state index in [9.17, 15) is 14.6 Å². The van der Waals surface area contributed by atoms with Crippen LogP contribution in [0.3, 0.4) is 0 Å². The predicted octanol–water partition coefficient (Wildman–Crippen LogP) is 1.86. The van der Waals surface area contributed by atoms with E-state index in [0.29, 0.717) is 24.3 Å². The van der Waals surface area contributed by atoms with Crippen LogP contribution < -0.4 is 4.90 Å². The molecule has 2 N–H and O–H groups in total. The molecule has 20 heavy (non-hydrogen) atoms. The van der Waals surface area contributed by atoms with E-state index in [-0.39, 0.29) is 18.5 Å². The first kappa shape index (κ1) is 15.2. The largest absolute Gasteiger partial charge is 0.394 e. The van der Waals surface area contributed by atoms with E-state index in [1.807, 2.05) is 18.7 Å². The number of benzene rings is 1. The second-order valence-corrected chi connectivity index (χ2v) is 5.95. The average Bonchev–Trinajstić information content (AvgIpc) is 2.36. The van der Waals surface area contributed by atoms with Gasteiger partial charge in [0.05, 0.1) is 30.1 Å². The highest BCUT2D eigenvalue weighted by Gasteiger charge is 2.34. The van der Waals surface area contributed by atoms with Crippen molar-refractivity contribution in [3.63, 3.8) is 0 Å². The van der Waals surface area contributed by atoms with Crippen molar-refractivity contribution in [3.8, 4) is 0 Å². The Bertz CT molecular complexity index is 476. The van der Waals surface area contributed by atoms with Crippen LogP contribution >= 0.6 is 0 Å². The molecule has 1 aliphatic rings. The van der Waals surface area contributed by atoms with Crippen LogP contribution in [0, 0.1) is 5.82 Å². The number of ether oxygens (including phenoxy) is 1. The molecule has 112 valence electrons. The van der Waals surface area contributed by atoms with Crippen molar-refractivity contribution in [2.24, 2.45) is 0 Å². The van der Waals surface area contributed by atoms with Crippen LogP contribution in [0.4, 0.5) is 10.1 Å². The van der Waals surface area contributed by atoms with E-state index in [2.05, 4.69) is 0 Å². The number of anilines is 1. The van der Waals surface area contributed by atoms with Gasteiger partial charge in [0.1, 0.15) is 5.82 Å². The first-order valence-corrected chi connectivity index (χ1v) is 6.83. The van der Waals surface area contributed by atoms with Gasteiger partial charge in [-0.15, -0.1) is 0 Å². The smallest absolute Gasteiger partial charge is 0.146 e. The van der Waals surface area contributed by atoms with Gasteiger partial charge >= 0.3 is 0 Å². The maximum atomic E-state index is 14.2. The second-order valence-electron chi connectivity index (χ2n) is 5.95. The topological polar surface area (TPSA) is 52.9 Å². The molecule has 0 aromatic heterocycles. The molecule has 0 bridgehead atoms. The molecule has 1 saturated heterocycles. The van der Waals surface area contributed by atoms with Gasteiger partial charge < -0.3 is 19.8 Å². The molecular weight excluding hydrogens is 261 g/mol. The fourth-order valence-electron chi connectivity index (χ4n) is 2.61. The van der Waals surface area contributed by atoms with Crippen LogP contribution in [-0.4, -0.2) is 41.6 Å². The second kappa shape index (κ2) is 5.68. The summed E-state index contributed by atoms with van der Waals surface area (Å²) in [5, 5.41) is 18.8. The number of rotatable bonds is 3. The Kier molecular flexibility index (Phi) is 4.32. The van der Waals surface area contributed by atoms with E-state index in [1.54, 1.807) is 19.1 Å². The van der Waals surface area contributed by atoms with Crippen LogP contribution in [0.5, 0.6) is 0 Å². The first-order chi connectivity index (χ1) is 9.32. The minimum atomic E-state index is -0.690. The highest BCUT2D eigenvalue weighted by molar-refractivity contribution is 5.50. The maximum Gasteiger partial charge on any atom is 0.146 e. The molecule has 1 fully saturated rings. The molecule has 1 heterocycles. The molecule has 0 spiro atoms. The molecule has 0 saturated carbocycles. The standard InChI is InChI=1S/C15H22FNO3/c1-10(19)11-4-5-14(13(16)6-11)17-7-12(8-18)20-15(2,3)9-17/h4-6,10,12,18-19H,7-9H2,1-3H3/t10-,12?/m1/s1. The molecule has 0 amide bonds. The van der Waals surface area contributed by atoms with E-state index in [4.69, 9.17) is 4.74 Å². The summed E-state index contributed by atoms with van der Waals surface area (Å²) in [6.45, 7) is 6.36. The maximum absolute atomic E-state index is 14.2. The minimum Gasteiger partial charge on any atom is -0.394 e. The van der Waals surface area contributed by atoms with Gasteiger partial charge in [0.2, 0.25) is 0 Å². The zero-order valence-electron chi connectivity index (χ0n) is 12.1. The molecule has 1 aliphatic heterocycles. The summed E-state index contributed by atoms with van der Waals surface area (Å²) in [4.78, 5) is 1.88. The third-order valence-electron chi connectivity index (χ3n) is 3.48. The Balaban J connectivity index is 2.26. The number of halogens is 1. The van der Waals surface area contributed by atoms with Gasteiger partial charge in [-0.1, -0.05) is 6.07 Å². The Morgan fingerprint density at radius 2 is 2.20 bits per heavy atom. The predicted molar refractivity (Wildman–Crippen MR) is 75.3 cm³/mol. The van der Waals surface area contributed by atoms with Crippen molar-refractivity contribution in [3.05, 3.63) is 29.6 Å². The summed E-state index contributed by atoms with van der Waals surface area (Å²) in [6, 6.07) is 4.75. The van der Waals surface area contributed by atoms with Crippen molar-refractivity contribution < 1.29 is 19.3 Å². The van der Waals surface area contributed by atoms with Crippen LogP contribution in [0.15, 0.2) is 18.2 Å². The van der Waals surface area contributed by atoms with Gasteiger partial charge in [0.15, 0.2) is 0 Å². The van der Waals surface area contributed by atoms with Gasteiger partial charge in [-0.3, -0.25) is 0 Å². The zero-order valence-corrected chi connectivity index (χ0v) is 12.1. The Labute approximate surface area is 118 Å². The zero-order chi connectivity index (χ0) is 14.9. The Morgan fingerprint density at radius 1 is 1.50 bits per heavy atom. The van der Waals surface area contributed by atoms with Crippen molar-refractivity contribution in [2.45, 2.75) is 38.6 Å². The van der Waals surface area contributed by atoms with Gasteiger partial charge in [-0.25, -0.2) is 4.39 Å². The summed E-state index contributed by atoms with van der Waals surface area (Å²) < 4.78 is 19.9. The van der Waals surface area contributed by atoms with Crippen LogP contribution in [-0.2, 0) is 4.74 Å². The third-order valence-corrected chi connectivity index (χ3v) is 3.48. The molecule has 0 radical (unpaired) electrons. The number of aliphatic hydroxyl groups excluding tert-OH is 2. The van der Waals surface area contributed by atoms with E-state index >= 15 is 0 Å². The quantitative estimate of drug-likeness (QED) is 0.889. The summed E-state index contributed by atoms with van der Waals surface area (Å²) in [5.41, 5.74) is 0.586. The van der Waals surface area contributed by atoms with Crippen LogP contribution in [0.25, 0.3) is 0 Å². The molecule has 2 rings (SSSR count). The molecule has 1 aromatic rings. The lowest BCUT2D eigenvalue weighted by Gasteiger charge is -2.43. The minimum absolute atomic E-state index is 0.0900. The number of hydrogen-bond donors (Lipinski definition) is 2. The molecule has 4 nitrogen and oxygen atoms in total. The molecule has 1 unspecified atom stereocenters. The van der Waals surface area contributed by atoms with Crippen molar-refractivity contribution in [2.75, 3.05) is 24.6 Å². The van der Waals surface area contributed by atoms with Gasteiger partial charge in [-0.05, 0) is 38.5 Å². The number of morpholine rings is 1. The normalized spacial score (nSPS) is 23.7. The van der Waals surface area contributed by atoms with Gasteiger partial charge in [-0.2, -0.15) is 0 Å². The van der Waals surface area contributed by atoms with E-state index < -0.39 is 11.7 Å². The molecule has 0 aliphatic carbocycles. The van der Waals surface area contributed by atoms with Crippen molar-refractivity contribution in [1.29, 1.82) is 0 Å². The first-order valence-electron chi connectivity index (χ1n) is 6.83. The Hall–Kier alpha value is -1.17. The summed E-state index contributed by atoms with van der Waals surface area (Å²) in [7, 11) is 0. The number of nitrogens with zero attached hydrogens (tertiary/aromatic N) is 1. The van der Waals surface area contributed by atoms with Crippen molar-refractivity contribution >= 4 is 5.69 Å². The monoisotopic (exact) mass is 283 g/mol. The van der Waals surface area contributed by atoms with Gasteiger partial charge in [0.25, 0.3) is 0 Å². The van der Waals surface area contributed by atoms with Crippen LogP contribution in [0.1, 0.15) is 32.4 Å². The lowest BCUT2D eigenvalue weighted by Crippen LogP contribution is -2.54. The fourth-order valence-corrected chi connectivity index (χ4v) is 2.61. The van der Waals surface area contributed by atoms with E-state index in [1.165, 1.54) is 6.07 Å². The number of aliphatic hydroxyl groups is 2. The van der Waals surface area contributed by atoms with E-state index in [0.717, 1.165) is 0 Å². The summed E-state index contributed by atoms with van der Waals surface area (Å²) in [6.07, 6.45) is -1.01. The lowest BCUT2D eigenvalue weighted by molar-refractivity contribution is -0.101. The highest BCUT2D eigenvalue weighted by atomic mass is 19.1. The number of hydrogen-bond acceptors (Lipinski definition) is 4. The van der Waals surface area contributed by atoms with Crippen molar-refractivity contribution in [1.82, 2.24) is 0 Å². The molecule has 1 aromatic carbocycles. The fraction of sp³-hybridized carbons (Fsp3) is 0.600. The van der Waals surface area contributed by atoms with Gasteiger partial charge in [0, 0.05) is 13.1 Å². The summed E-state index contributed by atoms with van der Waals surface area (Å²) >= 11 is 0. The molecule has 2 atom stereocenters. The average molecular weight is 283 g/mol.